The van der Waals surface area contributed by atoms with E-state index in [1.54, 1.807) is 0 Å². The molecule has 0 radical (unpaired) electrons. The first-order chi connectivity index (χ1) is 11.6. The molecule has 2 aromatic carbocycles. The van der Waals surface area contributed by atoms with Gasteiger partial charge in [-0.3, -0.25) is 0 Å². The number of carbonyl (C=O) groups is 1. The van der Waals surface area contributed by atoms with Crippen LogP contribution in [0.15, 0.2) is 46.9 Å². The first-order valence-corrected chi connectivity index (χ1v) is 7.93. The van der Waals surface area contributed by atoms with E-state index in [-0.39, 0.29) is 25.1 Å². The smallest absolute Gasteiger partial charge is 0.407 e. The van der Waals surface area contributed by atoms with E-state index in [0.717, 1.165) is 17.7 Å². The van der Waals surface area contributed by atoms with Crippen molar-refractivity contribution in [2.45, 2.75) is 13.0 Å². The van der Waals surface area contributed by atoms with E-state index in [4.69, 9.17) is 4.74 Å². The zero-order valence-electron chi connectivity index (χ0n) is 12.6. The Morgan fingerprint density at radius 2 is 1.83 bits per heavy atom. The van der Waals surface area contributed by atoms with Crippen LogP contribution in [-0.2, 0) is 11.3 Å². The predicted molar refractivity (Wildman–Crippen MR) is 90.2 cm³/mol. The fourth-order valence-corrected chi connectivity index (χ4v) is 2.22. The van der Waals surface area contributed by atoms with Crippen LogP contribution in [-0.4, -0.2) is 12.6 Å². The zero-order valence-corrected chi connectivity index (χ0v) is 14.2. The molecule has 0 saturated carbocycles. The lowest BCUT2D eigenvalue weighted by atomic mass is 10.2. The molecular formula is C18H14BrF2NO2. The molecule has 6 heteroatoms. The summed E-state index contributed by atoms with van der Waals surface area (Å²) in [5.74, 6) is 3.58. The van der Waals surface area contributed by atoms with Gasteiger partial charge in [0.1, 0.15) is 18.2 Å². The normalized spacial score (nSPS) is 9.79. The molecule has 0 atom stereocenters. The van der Waals surface area contributed by atoms with Gasteiger partial charge in [0.25, 0.3) is 0 Å². The second-order valence-corrected chi connectivity index (χ2v) is 5.70. The average Bonchev–Trinajstić information content (AvgIpc) is 2.55. The van der Waals surface area contributed by atoms with Crippen molar-refractivity contribution >= 4 is 22.0 Å². The van der Waals surface area contributed by atoms with Crippen molar-refractivity contribution in [3.05, 3.63) is 69.7 Å². The number of alkyl carbamates (subject to hydrolysis) is 1. The van der Waals surface area contributed by atoms with Crippen molar-refractivity contribution in [3.63, 3.8) is 0 Å². The van der Waals surface area contributed by atoms with Gasteiger partial charge >= 0.3 is 6.09 Å². The molecule has 1 amide bonds. The maximum absolute atomic E-state index is 13.5. The Balaban J connectivity index is 1.74. The summed E-state index contributed by atoms with van der Waals surface area (Å²) in [6.07, 6.45) is -0.322. The Kier molecular flexibility index (Phi) is 6.76. The van der Waals surface area contributed by atoms with Crippen molar-refractivity contribution < 1.29 is 18.3 Å². The van der Waals surface area contributed by atoms with Crippen LogP contribution >= 0.6 is 15.9 Å². The summed E-state index contributed by atoms with van der Waals surface area (Å²) in [7, 11) is 0. The third-order valence-electron chi connectivity index (χ3n) is 2.95. The van der Waals surface area contributed by atoms with Crippen LogP contribution in [0.1, 0.15) is 17.5 Å². The summed E-state index contributed by atoms with van der Waals surface area (Å²) in [4.78, 5) is 11.5. The van der Waals surface area contributed by atoms with Crippen LogP contribution in [0.25, 0.3) is 0 Å². The summed E-state index contributed by atoms with van der Waals surface area (Å²) >= 11 is 3.00. The molecule has 2 aromatic rings. The van der Waals surface area contributed by atoms with Crippen molar-refractivity contribution in [1.29, 1.82) is 0 Å². The number of carbonyl (C=O) groups excluding carboxylic acids is 1. The second kappa shape index (κ2) is 9.04. The summed E-state index contributed by atoms with van der Waals surface area (Å²) in [6.45, 7) is 0.397. The van der Waals surface area contributed by atoms with E-state index < -0.39 is 17.7 Å². The fourth-order valence-electron chi connectivity index (χ4n) is 1.81. The monoisotopic (exact) mass is 393 g/mol. The van der Waals surface area contributed by atoms with Crippen molar-refractivity contribution in [3.8, 4) is 11.8 Å². The van der Waals surface area contributed by atoms with Gasteiger partial charge in [-0.15, -0.1) is 0 Å². The predicted octanol–water partition coefficient (Wildman–Crippen LogP) is 4.40. The van der Waals surface area contributed by atoms with Gasteiger partial charge in [0, 0.05) is 17.4 Å². The van der Waals surface area contributed by atoms with E-state index in [1.807, 2.05) is 30.3 Å². The van der Waals surface area contributed by atoms with E-state index >= 15 is 0 Å². The van der Waals surface area contributed by atoms with Gasteiger partial charge in [-0.05, 0) is 17.7 Å². The lowest BCUT2D eigenvalue weighted by molar-refractivity contribution is 0.140. The largest absolute Gasteiger partial charge is 0.445 e. The van der Waals surface area contributed by atoms with Gasteiger partial charge in [0.15, 0.2) is 0 Å². The van der Waals surface area contributed by atoms with Gasteiger partial charge < -0.3 is 10.1 Å². The van der Waals surface area contributed by atoms with Crippen molar-refractivity contribution in [2.75, 3.05) is 6.54 Å². The molecule has 0 bridgehead atoms. The molecule has 24 heavy (non-hydrogen) atoms. The first kappa shape index (κ1) is 18.0. The molecule has 0 spiro atoms. The number of ether oxygens (including phenoxy) is 1. The van der Waals surface area contributed by atoms with Crippen molar-refractivity contribution in [1.82, 2.24) is 5.32 Å². The van der Waals surface area contributed by atoms with Gasteiger partial charge in [0.2, 0.25) is 0 Å². The molecular weight excluding hydrogens is 380 g/mol. The van der Waals surface area contributed by atoms with Crippen LogP contribution in [0, 0.1) is 23.5 Å². The van der Waals surface area contributed by atoms with Crippen LogP contribution in [0.5, 0.6) is 0 Å². The maximum atomic E-state index is 13.5. The highest BCUT2D eigenvalue weighted by Crippen LogP contribution is 2.18. The number of rotatable bonds is 4. The summed E-state index contributed by atoms with van der Waals surface area (Å²) in [5, 5.41) is 2.52. The molecule has 0 aliphatic heterocycles. The van der Waals surface area contributed by atoms with Crippen LogP contribution in [0.2, 0.25) is 0 Å². The molecule has 0 aromatic heterocycles. The number of amides is 1. The van der Waals surface area contributed by atoms with Gasteiger partial charge in [-0.25, -0.2) is 13.6 Å². The standard InChI is InChI=1S/C18H14BrF2NO2/c19-14-10-16(20)15(17(21)11-14)8-4-5-9-22-18(23)24-12-13-6-2-1-3-7-13/h1-3,6-7,10-11H,5,9,12H2,(H,22,23). The topological polar surface area (TPSA) is 38.3 Å². The minimum atomic E-state index is -0.732. The third kappa shape index (κ3) is 5.67. The molecule has 0 heterocycles. The average molecular weight is 394 g/mol. The number of nitrogens with one attached hydrogen (secondary N) is 1. The quantitative estimate of drug-likeness (QED) is 0.617. The van der Waals surface area contributed by atoms with E-state index in [1.165, 1.54) is 0 Å². The Labute approximate surface area is 147 Å². The highest BCUT2D eigenvalue weighted by molar-refractivity contribution is 9.10. The molecule has 3 nitrogen and oxygen atoms in total. The van der Waals surface area contributed by atoms with E-state index in [2.05, 4.69) is 33.1 Å². The van der Waals surface area contributed by atoms with Crippen LogP contribution in [0.3, 0.4) is 0 Å². The highest BCUT2D eigenvalue weighted by atomic mass is 79.9. The molecule has 0 unspecified atom stereocenters. The Morgan fingerprint density at radius 1 is 1.17 bits per heavy atom. The Morgan fingerprint density at radius 3 is 2.50 bits per heavy atom. The molecule has 0 saturated heterocycles. The molecule has 0 aliphatic rings. The summed E-state index contributed by atoms with van der Waals surface area (Å²) in [6, 6.07) is 11.6. The minimum Gasteiger partial charge on any atom is -0.445 e. The van der Waals surface area contributed by atoms with Gasteiger partial charge in [0.05, 0.1) is 5.56 Å². The molecule has 0 aliphatic carbocycles. The summed E-state index contributed by atoms with van der Waals surface area (Å²) in [5.41, 5.74) is 0.596. The van der Waals surface area contributed by atoms with Crippen molar-refractivity contribution in [2.24, 2.45) is 0 Å². The van der Waals surface area contributed by atoms with E-state index in [0.29, 0.717) is 4.47 Å². The third-order valence-corrected chi connectivity index (χ3v) is 3.41. The first-order valence-electron chi connectivity index (χ1n) is 7.14. The lowest BCUT2D eigenvalue weighted by Gasteiger charge is -2.05. The second-order valence-electron chi connectivity index (χ2n) is 4.78. The molecule has 0 fully saturated rings. The molecule has 1 N–H and O–H groups in total. The number of benzene rings is 2. The number of halogens is 3. The SMILES string of the molecule is O=C(NCCC#Cc1c(F)cc(Br)cc1F)OCc1ccccc1. The Bertz CT molecular complexity index is 747. The highest BCUT2D eigenvalue weighted by Gasteiger charge is 2.07. The summed E-state index contributed by atoms with van der Waals surface area (Å²) < 4.78 is 32.4. The number of hydrogen-bond acceptors (Lipinski definition) is 2. The maximum Gasteiger partial charge on any atom is 0.407 e. The van der Waals surface area contributed by atoms with Gasteiger partial charge in [-0.1, -0.05) is 58.1 Å². The van der Waals surface area contributed by atoms with Crippen LogP contribution in [0.4, 0.5) is 13.6 Å². The minimum absolute atomic E-state index is 0.174. The molecule has 124 valence electrons. The lowest BCUT2D eigenvalue weighted by Crippen LogP contribution is -2.24. The Hall–Kier alpha value is -2.39. The number of hydrogen-bond donors (Lipinski definition) is 1. The fraction of sp³-hybridized carbons (Fsp3) is 0.167. The zero-order chi connectivity index (χ0) is 17.4. The van der Waals surface area contributed by atoms with Gasteiger partial charge in [-0.2, -0.15) is 0 Å². The van der Waals surface area contributed by atoms with E-state index in [9.17, 15) is 13.6 Å². The van der Waals surface area contributed by atoms with Crippen LogP contribution < -0.4 is 5.32 Å². The molecule has 2 rings (SSSR count).